The summed E-state index contributed by atoms with van der Waals surface area (Å²) in [5.74, 6) is 1.69. The summed E-state index contributed by atoms with van der Waals surface area (Å²) in [6.45, 7) is 8.77. The monoisotopic (exact) mass is 480 g/mol. The molecule has 0 bridgehead atoms. The van der Waals surface area contributed by atoms with Gasteiger partial charge in [0.05, 0.1) is 18.3 Å². The van der Waals surface area contributed by atoms with Gasteiger partial charge in [-0.1, -0.05) is 57.9 Å². The number of hydrogen-bond donors (Lipinski definition) is 0. The molecule has 0 saturated carbocycles. The van der Waals surface area contributed by atoms with Crippen molar-refractivity contribution in [3.8, 4) is 17.2 Å². The standard InChI is InChI=1S/C31H44O4/c1-4-6-8-10-11-12-13-15-25-33-28-19-17-27(18-20-28)31(32)35-30-23-21-29(22-24-30)34-26(3)16-14-9-7-5-2/h4,17-24,26H,1,5-16,25H2,2-3H3. The molecule has 2 aromatic carbocycles. The Bertz CT molecular complexity index is 826. The van der Waals surface area contributed by atoms with E-state index in [4.69, 9.17) is 14.2 Å². The van der Waals surface area contributed by atoms with E-state index in [0.29, 0.717) is 17.9 Å². The van der Waals surface area contributed by atoms with Crippen LogP contribution < -0.4 is 14.2 Å². The first kappa shape index (κ1) is 28.5. The number of unbranched alkanes of at least 4 members (excludes halogenated alkanes) is 9. The maximum Gasteiger partial charge on any atom is 0.343 e. The van der Waals surface area contributed by atoms with Crippen LogP contribution in [0.3, 0.4) is 0 Å². The Hall–Kier alpha value is -2.75. The summed E-state index contributed by atoms with van der Waals surface area (Å²) in [4.78, 5) is 12.5. The van der Waals surface area contributed by atoms with Gasteiger partial charge >= 0.3 is 5.97 Å². The quantitative estimate of drug-likeness (QED) is 0.0871. The van der Waals surface area contributed by atoms with Gasteiger partial charge in [0.1, 0.15) is 17.2 Å². The molecule has 0 N–H and O–H groups in total. The Kier molecular flexibility index (Phi) is 14.4. The van der Waals surface area contributed by atoms with E-state index in [1.807, 2.05) is 30.3 Å². The van der Waals surface area contributed by atoms with Gasteiger partial charge in [-0.25, -0.2) is 4.79 Å². The van der Waals surface area contributed by atoms with Crippen molar-refractivity contribution in [2.75, 3.05) is 6.61 Å². The van der Waals surface area contributed by atoms with Gasteiger partial charge in [-0.15, -0.1) is 6.58 Å². The van der Waals surface area contributed by atoms with Crippen molar-refractivity contribution >= 4 is 5.97 Å². The lowest BCUT2D eigenvalue weighted by atomic mass is 10.1. The van der Waals surface area contributed by atoms with Crippen LogP contribution in [0.15, 0.2) is 61.2 Å². The van der Waals surface area contributed by atoms with E-state index >= 15 is 0 Å². The summed E-state index contributed by atoms with van der Waals surface area (Å²) in [5, 5.41) is 0. The van der Waals surface area contributed by atoms with Crippen LogP contribution in [-0.2, 0) is 0 Å². The SMILES string of the molecule is C=CCCCCCCCCOc1ccc(C(=O)Oc2ccc(OC(C)CCCCCC)cc2)cc1. The van der Waals surface area contributed by atoms with Crippen LogP contribution in [0.1, 0.15) is 101 Å². The average Bonchev–Trinajstić information content (AvgIpc) is 2.87. The van der Waals surface area contributed by atoms with Gasteiger partial charge in [0.25, 0.3) is 0 Å². The summed E-state index contributed by atoms with van der Waals surface area (Å²) in [6.07, 6.45) is 16.6. The molecule has 0 amide bonds. The molecule has 0 fully saturated rings. The number of carbonyl (C=O) groups is 1. The fourth-order valence-corrected chi connectivity index (χ4v) is 3.88. The van der Waals surface area contributed by atoms with Crippen LogP contribution in [0, 0.1) is 0 Å². The molecule has 1 atom stereocenters. The van der Waals surface area contributed by atoms with Gasteiger partial charge < -0.3 is 14.2 Å². The molecule has 0 aliphatic carbocycles. The Labute approximate surface area is 212 Å². The molecule has 4 heteroatoms. The average molecular weight is 481 g/mol. The van der Waals surface area contributed by atoms with E-state index in [1.165, 1.54) is 57.8 Å². The first-order chi connectivity index (χ1) is 17.1. The largest absolute Gasteiger partial charge is 0.494 e. The fraction of sp³-hybridized carbons (Fsp3) is 0.516. The molecule has 0 aromatic heterocycles. The Morgan fingerprint density at radius 1 is 0.800 bits per heavy atom. The molecular weight excluding hydrogens is 436 g/mol. The van der Waals surface area contributed by atoms with E-state index in [-0.39, 0.29) is 12.1 Å². The lowest BCUT2D eigenvalue weighted by Crippen LogP contribution is -2.11. The van der Waals surface area contributed by atoms with Crippen LogP contribution in [0.5, 0.6) is 17.2 Å². The fourth-order valence-electron chi connectivity index (χ4n) is 3.88. The number of hydrogen-bond acceptors (Lipinski definition) is 4. The van der Waals surface area contributed by atoms with Crippen LogP contribution >= 0.6 is 0 Å². The normalized spacial score (nSPS) is 11.6. The second kappa shape index (κ2) is 17.7. The Morgan fingerprint density at radius 3 is 2.09 bits per heavy atom. The van der Waals surface area contributed by atoms with E-state index < -0.39 is 0 Å². The molecule has 192 valence electrons. The van der Waals surface area contributed by atoms with Crippen molar-refractivity contribution in [1.29, 1.82) is 0 Å². The van der Waals surface area contributed by atoms with Gasteiger partial charge in [0.15, 0.2) is 0 Å². The smallest absolute Gasteiger partial charge is 0.343 e. The van der Waals surface area contributed by atoms with Crippen molar-refractivity contribution < 1.29 is 19.0 Å². The second-order valence-electron chi connectivity index (χ2n) is 9.21. The minimum absolute atomic E-state index is 0.174. The minimum atomic E-state index is -0.383. The summed E-state index contributed by atoms with van der Waals surface area (Å²) >= 11 is 0. The van der Waals surface area contributed by atoms with E-state index in [1.54, 1.807) is 24.3 Å². The summed E-state index contributed by atoms with van der Waals surface area (Å²) in [7, 11) is 0. The van der Waals surface area contributed by atoms with Crippen molar-refractivity contribution in [2.45, 2.75) is 97.0 Å². The lowest BCUT2D eigenvalue weighted by Gasteiger charge is -2.15. The zero-order chi connectivity index (χ0) is 25.1. The van der Waals surface area contributed by atoms with Crippen molar-refractivity contribution in [3.05, 3.63) is 66.7 Å². The maximum atomic E-state index is 12.5. The van der Waals surface area contributed by atoms with Crippen molar-refractivity contribution in [2.24, 2.45) is 0 Å². The number of carbonyl (C=O) groups excluding carboxylic acids is 1. The van der Waals surface area contributed by atoms with Gasteiger partial charge in [0, 0.05) is 0 Å². The first-order valence-electron chi connectivity index (χ1n) is 13.4. The third kappa shape index (κ3) is 12.5. The Balaban J connectivity index is 1.66. The number of allylic oxidation sites excluding steroid dienone is 1. The summed E-state index contributed by atoms with van der Waals surface area (Å²) < 4.78 is 17.3. The number of ether oxygens (including phenoxy) is 3. The zero-order valence-corrected chi connectivity index (χ0v) is 21.8. The highest BCUT2D eigenvalue weighted by Gasteiger charge is 2.10. The van der Waals surface area contributed by atoms with E-state index in [9.17, 15) is 4.79 Å². The number of rotatable bonds is 19. The van der Waals surface area contributed by atoms with E-state index in [0.717, 1.165) is 30.8 Å². The minimum Gasteiger partial charge on any atom is -0.494 e. The third-order valence-corrected chi connectivity index (χ3v) is 6.00. The summed E-state index contributed by atoms with van der Waals surface area (Å²) in [6, 6.07) is 14.4. The Morgan fingerprint density at radius 2 is 1.40 bits per heavy atom. The molecule has 0 spiro atoms. The molecule has 35 heavy (non-hydrogen) atoms. The van der Waals surface area contributed by atoms with Crippen LogP contribution in [0.2, 0.25) is 0 Å². The number of esters is 1. The summed E-state index contributed by atoms with van der Waals surface area (Å²) in [5.41, 5.74) is 0.498. The van der Waals surface area contributed by atoms with Crippen LogP contribution in [0.25, 0.3) is 0 Å². The predicted octanol–water partition coefficient (Wildman–Crippen LogP) is 8.94. The molecule has 2 rings (SSSR count). The van der Waals surface area contributed by atoms with Gasteiger partial charge in [0.2, 0.25) is 0 Å². The third-order valence-electron chi connectivity index (χ3n) is 6.00. The highest BCUT2D eigenvalue weighted by Crippen LogP contribution is 2.22. The molecule has 0 aliphatic heterocycles. The van der Waals surface area contributed by atoms with Crippen LogP contribution in [-0.4, -0.2) is 18.7 Å². The molecular formula is C31H44O4. The van der Waals surface area contributed by atoms with Crippen molar-refractivity contribution in [1.82, 2.24) is 0 Å². The molecule has 2 aromatic rings. The first-order valence-corrected chi connectivity index (χ1v) is 13.4. The zero-order valence-electron chi connectivity index (χ0n) is 21.8. The second-order valence-corrected chi connectivity index (χ2v) is 9.21. The van der Waals surface area contributed by atoms with Crippen LogP contribution in [0.4, 0.5) is 0 Å². The van der Waals surface area contributed by atoms with Gasteiger partial charge in [-0.2, -0.15) is 0 Å². The molecule has 4 nitrogen and oxygen atoms in total. The van der Waals surface area contributed by atoms with Crippen molar-refractivity contribution in [3.63, 3.8) is 0 Å². The number of benzene rings is 2. The predicted molar refractivity (Wildman–Crippen MR) is 145 cm³/mol. The molecule has 0 radical (unpaired) electrons. The molecule has 0 heterocycles. The van der Waals surface area contributed by atoms with Gasteiger partial charge in [-0.3, -0.25) is 0 Å². The molecule has 0 aliphatic rings. The topological polar surface area (TPSA) is 44.8 Å². The molecule has 1 unspecified atom stereocenters. The lowest BCUT2D eigenvalue weighted by molar-refractivity contribution is 0.0734. The molecule has 0 saturated heterocycles. The van der Waals surface area contributed by atoms with Gasteiger partial charge in [-0.05, 0) is 87.6 Å². The van der Waals surface area contributed by atoms with E-state index in [2.05, 4.69) is 20.4 Å². The maximum absolute atomic E-state index is 12.5. The highest BCUT2D eigenvalue weighted by atomic mass is 16.5. The highest BCUT2D eigenvalue weighted by molar-refractivity contribution is 5.91.